The molecule has 1 heterocycles. The Morgan fingerprint density at radius 1 is 1.11 bits per heavy atom. The number of carbonyl (C=O) groups excluding carboxylic acids is 2. The highest BCUT2D eigenvalue weighted by Crippen LogP contribution is 2.34. The van der Waals surface area contributed by atoms with Crippen LogP contribution in [0.5, 0.6) is 0 Å². The summed E-state index contributed by atoms with van der Waals surface area (Å²) in [5, 5.41) is 10.6. The van der Waals surface area contributed by atoms with Crippen LogP contribution in [0.1, 0.15) is 37.5 Å². The van der Waals surface area contributed by atoms with Crippen LogP contribution < -0.4 is 0 Å². The Kier molecular flexibility index (Phi) is 5.38. The zero-order valence-electron chi connectivity index (χ0n) is 15.8. The Morgan fingerprint density at radius 2 is 1.79 bits per heavy atom. The van der Waals surface area contributed by atoms with Gasteiger partial charge in [0.15, 0.2) is 0 Å². The molecular formula is C21H20N2O4S. The van der Waals surface area contributed by atoms with Gasteiger partial charge in [-0.15, -0.1) is 0 Å². The maximum absolute atomic E-state index is 12.7. The second kappa shape index (κ2) is 7.59. The first kappa shape index (κ1) is 19.8. The predicted molar refractivity (Wildman–Crippen MR) is 110 cm³/mol. The number of amides is 2. The molecule has 0 atom stereocenters. The molecule has 0 saturated carbocycles. The first-order chi connectivity index (χ1) is 13.1. The van der Waals surface area contributed by atoms with E-state index < -0.39 is 4.92 Å². The summed E-state index contributed by atoms with van der Waals surface area (Å²) in [4.78, 5) is 36.8. The van der Waals surface area contributed by atoms with Crippen LogP contribution in [0.2, 0.25) is 0 Å². The minimum atomic E-state index is -0.496. The molecule has 0 spiro atoms. The maximum Gasteiger partial charge on any atom is 0.293 e. The Bertz CT molecular complexity index is 975. The van der Waals surface area contributed by atoms with Gasteiger partial charge in [-0.1, -0.05) is 57.2 Å². The third kappa shape index (κ3) is 4.31. The summed E-state index contributed by atoms with van der Waals surface area (Å²) in [6.07, 6.45) is 1.51. The van der Waals surface area contributed by atoms with Gasteiger partial charge in [0.1, 0.15) is 0 Å². The summed E-state index contributed by atoms with van der Waals surface area (Å²) < 4.78 is 0. The molecule has 0 bridgehead atoms. The lowest BCUT2D eigenvalue weighted by Crippen LogP contribution is -2.27. The van der Waals surface area contributed by atoms with Crippen molar-refractivity contribution in [3.05, 3.63) is 80.2 Å². The van der Waals surface area contributed by atoms with Crippen molar-refractivity contribution in [2.45, 2.75) is 32.7 Å². The number of rotatable bonds is 4. The third-order valence-electron chi connectivity index (χ3n) is 4.41. The molecule has 2 aromatic rings. The molecule has 7 heteroatoms. The van der Waals surface area contributed by atoms with Gasteiger partial charge in [-0.3, -0.25) is 24.6 Å². The number of carbonyl (C=O) groups is 2. The van der Waals surface area contributed by atoms with Gasteiger partial charge in [0.25, 0.3) is 16.8 Å². The summed E-state index contributed by atoms with van der Waals surface area (Å²) >= 11 is 0.846. The summed E-state index contributed by atoms with van der Waals surface area (Å²) in [5.41, 5.74) is 2.52. The average Bonchev–Trinajstić information content (AvgIpc) is 2.89. The van der Waals surface area contributed by atoms with Gasteiger partial charge in [-0.2, -0.15) is 0 Å². The topological polar surface area (TPSA) is 80.5 Å². The normalized spacial score (nSPS) is 16.1. The van der Waals surface area contributed by atoms with E-state index in [0.29, 0.717) is 5.56 Å². The van der Waals surface area contributed by atoms with Crippen molar-refractivity contribution in [2.75, 3.05) is 0 Å². The fraction of sp³-hybridized carbons (Fsp3) is 0.238. The molecule has 28 heavy (non-hydrogen) atoms. The Hall–Kier alpha value is -2.93. The van der Waals surface area contributed by atoms with E-state index in [2.05, 4.69) is 20.8 Å². The number of nitro benzene ring substituents is 1. The monoisotopic (exact) mass is 396 g/mol. The standard InChI is InChI=1S/C21H20N2O4S/c1-21(2,3)16-9-7-14(8-10-16)13-22-19(24)18(28-20(22)25)12-15-5-4-6-17(11-15)23(26)27/h4-12H,13H2,1-3H3/b18-12-. The van der Waals surface area contributed by atoms with Crippen LogP contribution >= 0.6 is 11.8 Å². The van der Waals surface area contributed by atoms with E-state index in [0.717, 1.165) is 17.3 Å². The number of hydrogen-bond acceptors (Lipinski definition) is 5. The zero-order chi connectivity index (χ0) is 20.5. The molecule has 1 saturated heterocycles. The molecular weight excluding hydrogens is 376 g/mol. The average molecular weight is 396 g/mol. The molecule has 0 N–H and O–H groups in total. The summed E-state index contributed by atoms with van der Waals surface area (Å²) in [7, 11) is 0. The van der Waals surface area contributed by atoms with Gasteiger partial charge < -0.3 is 0 Å². The first-order valence-electron chi connectivity index (χ1n) is 8.74. The van der Waals surface area contributed by atoms with E-state index in [1.807, 2.05) is 24.3 Å². The zero-order valence-corrected chi connectivity index (χ0v) is 16.7. The molecule has 6 nitrogen and oxygen atoms in total. The van der Waals surface area contributed by atoms with E-state index in [4.69, 9.17) is 0 Å². The van der Waals surface area contributed by atoms with Crippen molar-refractivity contribution < 1.29 is 14.5 Å². The number of hydrogen-bond donors (Lipinski definition) is 0. The van der Waals surface area contributed by atoms with Gasteiger partial charge in [0.2, 0.25) is 0 Å². The van der Waals surface area contributed by atoms with Crippen molar-refractivity contribution in [1.82, 2.24) is 4.90 Å². The lowest BCUT2D eigenvalue weighted by Gasteiger charge is -2.20. The molecule has 2 aromatic carbocycles. The molecule has 3 rings (SSSR count). The third-order valence-corrected chi connectivity index (χ3v) is 5.32. The number of nitro groups is 1. The van der Waals surface area contributed by atoms with Crippen LogP contribution in [0.4, 0.5) is 10.5 Å². The minimum absolute atomic E-state index is 0.0296. The Labute approximate surface area is 167 Å². The van der Waals surface area contributed by atoms with Crippen molar-refractivity contribution in [3.8, 4) is 0 Å². The summed E-state index contributed by atoms with van der Waals surface area (Å²) in [5.74, 6) is -0.388. The Morgan fingerprint density at radius 3 is 2.39 bits per heavy atom. The van der Waals surface area contributed by atoms with Gasteiger partial charge in [-0.05, 0) is 39.9 Å². The molecule has 0 aliphatic carbocycles. The second-order valence-electron chi connectivity index (χ2n) is 7.57. The highest BCUT2D eigenvalue weighted by atomic mass is 32.2. The minimum Gasteiger partial charge on any atom is -0.268 e. The van der Waals surface area contributed by atoms with E-state index in [9.17, 15) is 19.7 Å². The van der Waals surface area contributed by atoms with Crippen LogP contribution in [-0.2, 0) is 16.8 Å². The van der Waals surface area contributed by atoms with Crippen LogP contribution in [0.3, 0.4) is 0 Å². The summed E-state index contributed by atoms with van der Waals surface area (Å²) in [6.45, 7) is 6.56. The van der Waals surface area contributed by atoms with E-state index in [1.54, 1.807) is 12.1 Å². The van der Waals surface area contributed by atoms with Crippen LogP contribution in [-0.4, -0.2) is 21.0 Å². The first-order valence-corrected chi connectivity index (χ1v) is 9.56. The van der Waals surface area contributed by atoms with Crippen LogP contribution in [0.15, 0.2) is 53.4 Å². The number of thioether (sulfide) groups is 1. The predicted octanol–water partition coefficient (Wildman–Crippen LogP) is 5.13. The van der Waals surface area contributed by atoms with Crippen molar-refractivity contribution in [3.63, 3.8) is 0 Å². The van der Waals surface area contributed by atoms with Crippen LogP contribution in [0, 0.1) is 10.1 Å². The highest BCUT2D eigenvalue weighted by Gasteiger charge is 2.35. The van der Waals surface area contributed by atoms with Crippen molar-refractivity contribution in [2.24, 2.45) is 0 Å². The van der Waals surface area contributed by atoms with Gasteiger partial charge >= 0.3 is 0 Å². The smallest absolute Gasteiger partial charge is 0.268 e. The number of benzene rings is 2. The molecule has 0 aromatic heterocycles. The molecule has 0 radical (unpaired) electrons. The second-order valence-corrected chi connectivity index (χ2v) is 8.56. The molecule has 2 amide bonds. The van der Waals surface area contributed by atoms with Gasteiger partial charge in [-0.25, -0.2) is 0 Å². The highest BCUT2D eigenvalue weighted by molar-refractivity contribution is 8.18. The molecule has 144 valence electrons. The molecule has 1 aliphatic rings. The van der Waals surface area contributed by atoms with Crippen LogP contribution in [0.25, 0.3) is 6.08 Å². The number of nitrogens with zero attached hydrogens (tertiary/aromatic N) is 2. The molecule has 1 aliphatic heterocycles. The SMILES string of the molecule is CC(C)(C)c1ccc(CN2C(=O)S/C(=C\c3cccc([N+](=O)[O-])c3)C2=O)cc1. The number of imide groups is 1. The molecule has 1 fully saturated rings. The largest absolute Gasteiger partial charge is 0.293 e. The van der Waals surface area contributed by atoms with Crippen molar-refractivity contribution >= 4 is 34.7 Å². The van der Waals surface area contributed by atoms with Gasteiger partial charge in [0, 0.05) is 12.1 Å². The maximum atomic E-state index is 12.7. The van der Waals surface area contributed by atoms with E-state index in [-0.39, 0.29) is 33.7 Å². The lowest BCUT2D eigenvalue weighted by atomic mass is 9.87. The van der Waals surface area contributed by atoms with E-state index in [1.165, 1.54) is 28.7 Å². The fourth-order valence-corrected chi connectivity index (χ4v) is 3.65. The summed E-state index contributed by atoms with van der Waals surface area (Å²) in [6, 6.07) is 13.8. The fourth-order valence-electron chi connectivity index (χ4n) is 2.81. The number of non-ortho nitro benzene ring substituents is 1. The Balaban J connectivity index is 1.78. The quantitative estimate of drug-likeness (QED) is 0.407. The van der Waals surface area contributed by atoms with E-state index >= 15 is 0 Å². The lowest BCUT2D eigenvalue weighted by molar-refractivity contribution is -0.384. The van der Waals surface area contributed by atoms with Gasteiger partial charge in [0.05, 0.1) is 16.4 Å². The molecule has 0 unspecified atom stereocenters. The van der Waals surface area contributed by atoms with Crippen molar-refractivity contribution in [1.29, 1.82) is 0 Å².